The Hall–Kier alpha value is -3.55. The highest BCUT2D eigenvalue weighted by Gasteiger charge is 2.25. The average Bonchev–Trinajstić information content (AvgIpc) is 2.78. The molecule has 1 aliphatic heterocycles. The monoisotopic (exact) mass is 412 g/mol. The highest BCUT2D eigenvalue weighted by Crippen LogP contribution is 2.22. The summed E-state index contributed by atoms with van der Waals surface area (Å²) in [5.41, 5.74) is 2.14. The summed E-state index contributed by atoms with van der Waals surface area (Å²) >= 11 is 0. The van der Waals surface area contributed by atoms with E-state index < -0.39 is 5.97 Å². The molecular weight excluding hydrogens is 388 g/mol. The molecule has 158 valence electrons. The van der Waals surface area contributed by atoms with Crippen LogP contribution in [0.3, 0.4) is 0 Å². The van der Waals surface area contributed by atoms with Gasteiger partial charge in [-0.05, 0) is 42.3 Å². The summed E-state index contributed by atoms with van der Waals surface area (Å²) < 4.78 is 10.1. The van der Waals surface area contributed by atoms with E-state index in [9.17, 15) is 19.5 Å². The SMILES string of the molecule is CCOC(=O)N1CCN(C(=O)COC(=O)c2ccc(-c3ccc(O)cc3)cc2)CC1. The first-order valence-electron chi connectivity index (χ1n) is 9.74. The topological polar surface area (TPSA) is 96.4 Å². The standard InChI is InChI=1S/C22H24N2O6/c1-2-29-22(28)24-13-11-23(12-14-24)20(26)15-30-21(27)18-5-3-16(4-6-18)17-7-9-19(25)10-8-17/h3-10,25H,2,11-15H2,1H3. The minimum atomic E-state index is -0.578. The van der Waals surface area contributed by atoms with Crippen LogP contribution >= 0.6 is 0 Å². The largest absolute Gasteiger partial charge is 0.508 e. The van der Waals surface area contributed by atoms with Crippen LogP contribution in [0.1, 0.15) is 17.3 Å². The Bertz CT molecular complexity index is 887. The third kappa shape index (κ3) is 5.28. The Morgan fingerprint density at radius 2 is 1.37 bits per heavy atom. The van der Waals surface area contributed by atoms with Crippen LogP contribution in [0.15, 0.2) is 48.5 Å². The van der Waals surface area contributed by atoms with Gasteiger partial charge in [0.25, 0.3) is 5.91 Å². The van der Waals surface area contributed by atoms with Crippen molar-refractivity contribution >= 4 is 18.0 Å². The summed E-state index contributed by atoms with van der Waals surface area (Å²) in [5.74, 6) is -0.691. The van der Waals surface area contributed by atoms with Crippen molar-refractivity contribution in [3.05, 3.63) is 54.1 Å². The lowest BCUT2D eigenvalue weighted by Crippen LogP contribution is -2.51. The van der Waals surface area contributed by atoms with Gasteiger partial charge < -0.3 is 24.4 Å². The molecule has 0 unspecified atom stereocenters. The molecule has 0 bridgehead atoms. The smallest absolute Gasteiger partial charge is 0.409 e. The third-order valence-electron chi connectivity index (χ3n) is 4.81. The molecule has 0 aliphatic carbocycles. The molecule has 0 atom stereocenters. The van der Waals surface area contributed by atoms with Gasteiger partial charge in [-0.1, -0.05) is 24.3 Å². The van der Waals surface area contributed by atoms with Crippen LogP contribution in [-0.2, 0) is 14.3 Å². The molecule has 2 amide bonds. The van der Waals surface area contributed by atoms with Gasteiger partial charge in [0.15, 0.2) is 6.61 Å². The highest BCUT2D eigenvalue weighted by molar-refractivity contribution is 5.92. The highest BCUT2D eigenvalue weighted by atomic mass is 16.6. The summed E-state index contributed by atoms with van der Waals surface area (Å²) in [6.07, 6.45) is -0.383. The van der Waals surface area contributed by atoms with E-state index in [2.05, 4.69) is 0 Å². The van der Waals surface area contributed by atoms with Crippen molar-refractivity contribution in [2.24, 2.45) is 0 Å². The first-order valence-corrected chi connectivity index (χ1v) is 9.74. The van der Waals surface area contributed by atoms with Crippen LogP contribution in [0.4, 0.5) is 4.79 Å². The Balaban J connectivity index is 1.48. The maximum absolute atomic E-state index is 12.3. The minimum Gasteiger partial charge on any atom is -0.508 e. The van der Waals surface area contributed by atoms with Crippen molar-refractivity contribution < 1.29 is 29.0 Å². The molecule has 0 aromatic heterocycles. The lowest BCUT2D eigenvalue weighted by Gasteiger charge is -2.33. The molecule has 3 rings (SSSR count). The normalized spacial score (nSPS) is 13.6. The number of nitrogens with zero attached hydrogens (tertiary/aromatic N) is 2. The van der Waals surface area contributed by atoms with Gasteiger partial charge >= 0.3 is 12.1 Å². The summed E-state index contributed by atoms with van der Waals surface area (Å²) in [5, 5.41) is 9.36. The molecule has 1 heterocycles. The molecular formula is C22H24N2O6. The Morgan fingerprint density at radius 3 is 1.93 bits per heavy atom. The summed E-state index contributed by atoms with van der Waals surface area (Å²) in [6.45, 7) is 3.22. The number of esters is 1. The van der Waals surface area contributed by atoms with Crippen LogP contribution in [0.5, 0.6) is 5.75 Å². The van der Waals surface area contributed by atoms with Crippen molar-refractivity contribution in [2.45, 2.75) is 6.92 Å². The predicted octanol–water partition coefficient (Wildman–Crippen LogP) is 2.52. The molecule has 1 aliphatic rings. The van der Waals surface area contributed by atoms with Crippen LogP contribution in [0, 0.1) is 0 Å². The number of aromatic hydroxyl groups is 1. The second kappa shape index (κ2) is 9.78. The van der Waals surface area contributed by atoms with Gasteiger partial charge in [0.05, 0.1) is 12.2 Å². The number of phenolic OH excluding ortho intramolecular Hbond substituents is 1. The fraction of sp³-hybridized carbons (Fsp3) is 0.318. The summed E-state index contributed by atoms with van der Waals surface area (Å²) in [6, 6.07) is 13.6. The Kier molecular flexibility index (Phi) is 6.90. The van der Waals surface area contributed by atoms with E-state index in [1.165, 1.54) is 0 Å². The number of ether oxygens (including phenoxy) is 2. The number of phenols is 1. The van der Waals surface area contributed by atoms with Gasteiger partial charge in [0.2, 0.25) is 0 Å². The number of rotatable bonds is 5. The van der Waals surface area contributed by atoms with Gasteiger partial charge in [-0.2, -0.15) is 0 Å². The molecule has 0 radical (unpaired) electrons. The maximum atomic E-state index is 12.3. The van der Waals surface area contributed by atoms with Gasteiger partial charge in [0.1, 0.15) is 5.75 Å². The van der Waals surface area contributed by atoms with E-state index in [1.807, 2.05) is 0 Å². The van der Waals surface area contributed by atoms with Crippen molar-refractivity contribution in [3.8, 4) is 16.9 Å². The van der Waals surface area contributed by atoms with E-state index in [-0.39, 0.29) is 24.4 Å². The van der Waals surface area contributed by atoms with Crippen LogP contribution in [0.2, 0.25) is 0 Å². The Labute approximate surface area is 174 Å². The molecule has 0 spiro atoms. The zero-order valence-corrected chi connectivity index (χ0v) is 16.7. The van der Waals surface area contributed by atoms with Gasteiger partial charge in [-0.25, -0.2) is 9.59 Å². The number of carbonyl (C=O) groups excluding carboxylic acids is 3. The van der Waals surface area contributed by atoms with E-state index in [0.29, 0.717) is 38.3 Å². The van der Waals surface area contributed by atoms with E-state index in [1.54, 1.807) is 65.3 Å². The van der Waals surface area contributed by atoms with Gasteiger partial charge in [-0.3, -0.25) is 4.79 Å². The first-order chi connectivity index (χ1) is 14.5. The summed E-state index contributed by atoms with van der Waals surface area (Å²) in [7, 11) is 0. The van der Waals surface area contributed by atoms with Crippen LogP contribution in [0.25, 0.3) is 11.1 Å². The molecule has 2 aromatic rings. The zero-order valence-electron chi connectivity index (χ0n) is 16.7. The first kappa shape index (κ1) is 21.2. The number of carbonyl (C=O) groups is 3. The molecule has 0 saturated carbocycles. The zero-order chi connectivity index (χ0) is 21.5. The maximum Gasteiger partial charge on any atom is 0.409 e. The number of benzene rings is 2. The van der Waals surface area contributed by atoms with Crippen molar-refractivity contribution in [1.82, 2.24) is 9.80 Å². The predicted molar refractivity (Wildman–Crippen MR) is 109 cm³/mol. The quantitative estimate of drug-likeness (QED) is 0.758. The van der Waals surface area contributed by atoms with Crippen LogP contribution < -0.4 is 0 Å². The van der Waals surface area contributed by atoms with Crippen molar-refractivity contribution in [1.29, 1.82) is 0 Å². The van der Waals surface area contributed by atoms with E-state index in [4.69, 9.17) is 9.47 Å². The fourth-order valence-corrected chi connectivity index (χ4v) is 3.11. The number of hydrogen-bond acceptors (Lipinski definition) is 6. The van der Waals surface area contributed by atoms with E-state index in [0.717, 1.165) is 11.1 Å². The van der Waals surface area contributed by atoms with Gasteiger partial charge in [-0.15, -0.1) is 0 Å². The van der Waals surface area contributed by atoms with Crippen LogP contribution in [-0.4, -0.2) is 72.3 Å². The molecule has 8 nitrogen and oxygen atoms in total. The molecule has 8 heteroatoms. The number of hydrogen-bond donors (Lipinski definition) is 1. The fourth-order valence-electron chi connectivity index (χ4n) is 3.11. The molecule has 1 N–H and O–H groups in total. The van der Waals surface area contributed by atoms with Crippen molar-refractivity contribution in [2.75, 3.05) is 39.4 Å². The number of amides is 2. The molecule has 1 saturated heterocycles. The second-order valence-electron chi connectivity index (χ2n) is 6.77. The third-order valence-corrected chi connectivity index (χ3v) is 4.81. The minimum absolute atomic E-state index is 0.186. The van der Waals surface area contributed by atoms with Gasteiger partial charge in [0, 0.05) is 26.2 Å². The molecule has 1 fully saturated rings. The lowest BCUT2D eigenvalue weighted by atomic mass is 10.0. The average molecular weight is 412 g/mol. The van der Waals surface area contributed by atoms with E-state index >= 15 is 0 Å². The second-order valence-corrected chi connectivity index (χ2v) is 6.77. The lowest BCUT2D eigenvalue weighted by molar-refractivity contribution is -0.136. The van der Waals surface area contributed by atoms with Crippen molar-refractivity contribution in [3.63, 3.8) is 0 Å². The Morgan fingerprint density at radius 1 is 0.833 bits per heavy atom. The number of piperazine rings is 1. The summed E-state index contributed by atoms with van der Waals surface area (Å²) in [4.78, 5) is 39.4. The molecule has 2 aromatic carbocycles. The molecule has 30 heavy (non-hydrogen) atoms.